The van der Waals surface area contributed by atoms with E-state index in [1.54, 1.807) is 80.6 Å². The van der Waals surface area contributed by atoms with E-state index in [2.05, 4.69) is 21.3 Å². The Hall–Kier alpha value is -6.94. The van der Waals surface area contributed by atoms with Crippen LogP contribution in [-0.4, -0.2) is 57.9 Å². The summed E-state index contributed by atoms with van der Waals surface area (Å²) in [5, 5.41) is 11.6. The molecule has 342 valence electrons. The molecule has 0 radical (unpaired) electrons. The highest BCUT2D eigenvalue weighted by molar-refractivity contribution is 7.86. The Morgan fingerprint density at radius 3 is 1.80 bits per heavy atom. The number of hydrogen-bond donors (Lipinski definition) is 7. The van der Waals surface area contributed by atoms with Gasteiger partial charge in [0.2, 0.25) is 0 Å². The normalized spacial score (nSPS) is 12.4. The summed E-state index contributed by atoms with van der Waals surface area (Å²) in [6.45, 7) is 9.14. The second-order valence-corrected chi connectivity index (χ2v) is 19.5. The van der Waals surface area contributed by atoms with Gasteiger partial charge in [-0.05, 0) is 117 Å². The molecule has 3 amide bonds. The lowest BCUT2D eigenvalue weighted by molar-refractivity contribution is 0.102. The van der Waals surface area contributed by atoms with Gasteiger partial charge in [0.1, 0.15) is 26.0 Å². The van der Waals surface area contributed by atoms with Crippen molar-refractivity contribution in [3.8, 4) is 22.5 Å². The van der Waals surface area contributed by atoms with Gasteiger partial charge in [0, 0.05) is 58.2 Å². The highest BCUT2D eigenvalue weighted by Gasteiger charge is 2.29. The van der Waals surface area contributed by atoms with Crippen LogP contribution in [-0.2, 0) is 30.4 Å². The number of hydrogen-bond acceptors (Lipinski definition) is 11. The Labute approximate surface area is 380 Å². The van der Waals surface area contributed by atoms with Crippen LogP contribution in [0.4, 0.5) is 33.2 Å². The lowest BCUT2D eigenvalue weighted by Gasteiger charge is -2.22. The van der Waals surface area contributed by atoms with E-state index >= 15 is 0 Å². The number of nitrogens with zero attached hydrogens (tertiary/aromatic N) is 1. The Morgan fingerprint density at radius 1 is 0.591 bits per heavy atom. The molecule has 0 atom stereocenters. The van der Waals surface area contributed by atoms with Crippen LogP contribution in [0.3, 0.4) is 0 Å². The van der Waals surface area contributed by atoms with Gasteiger partial charge in [0.05, 0.1) is 22.4 Å². The van der Waals surface area contributed by atoms with E-state index in [9.17, 15) is 48.5 Å². The predicted molar refractivity (Wildman–Crippen MR) is 250 cm³/mol. The van der Waals surface area contributed by atoms with Gasteiger partial charge < -0.3 is 25.7 Å². The average molecular weight is 954 g/mol. The third-order valence-electron chi connectivity index (χ3n) is 11.2. The molecule has 1 aliphatic heterocycles. The zero-order chi connectivity index (χ0) is 48.2. The first-order chi connectivity index (χ1) is 30.9. The molecule has 7 N–H and O–H groups in total. The van der Waals surface area contributed by atoms with Gasteiger partial charge in [-0.2, -0.15) is 25.3 Å². The van der Waals surface area contributed by atoms with Crippen molar-refractivity contribution in [2.45, 2.75) is 56.2 Å². The topological polar surface area (TPSA) is 271 Å². The van der Waals surface area contributed by atoms with Crippen LogP contribution in [0.1, 0.15) is 43.7 Å². The molecule has 5 aromatic rings. The van der Waals surface area contributed by atoms with Crippen LogP contribution in [0, 0.1) is 41.5 Å². The summed E-state index contributed by atoms with van der Waals surface area (Å²) < 4.78 is 114. The van der Waals surface area contributed by atoms with Gasteiger partial charge in [0.25, 0.3) is 36.3 Å². The summed E-state index contributed by atoms with van der Waals surface area (Å²) in [5.41, 5.74) is 3.40. The third-order valence-corrected chi connectivity index (χ3v) is 14.4. The number of rotatable bonds is 10. The number of fused-ring (bicyclic) bond motifs is 2. The first-order valence-corrected chi connectivity index (χ1v) is 24.2. The molecule has 5 aromatic carbocycles. The van der Waals surface area contributed by atoms with Crippen molar-refractivity contribution in [1.82, 2.24) is 5.32 Å². The molecule has 2 aliphatic rings. The number of nitrogens with one attached hydrogen (secondary N) is 4. The fourth-order valence-corrected chi connectivity index (χ4v) is 11.0. The molecule has 17 nitrogen and oxygen atoms in total. The third kappa shape index (κ3) is 8.89. The average Bonchev–Trinajstić information content (AvgIpc) is 3.24. The molecular weight excluding hydrogens is 911 g/mol. The molecule has 0 fully saturated rings. The van der Waals surface area contributed by atoms with Crippen molar-refractivity contribution in [2.75, 3.05) is 23.0 Å². The minimum absolute atomic E-state index is 0.0893. The van der Waals surface area contributed by atoms with Crippen LogP contribution in [0.2, 0.25) is 0 Å². The first-order valence-electron chi connectivity index (χ1n) is 19.9. The summed E-state index contributed by atoms with van der Waals surface area (Å²) >= 11 is 0. The maximum atomic E-state index is 13.3. The van der Waals surface area contributed by atoms with Gasteiger partial charge in [-0.1, -0.05) is 36.4 Å². The van der Waals surface area contributed by atoms with E-state index in [0.29, 0.717) is 38.9 Å². The number of anilines is 4. The Balaban J connectivity index is 1.48. The van der Waals surface area contributed by atoms with Crippen molar-refractivity contribution < 1.29 is 52.9 Å². The Bertz CT molecular complexity index is 3570. The van der Waals surface area contributed by atoms with Crippen molar-refractivity contribution in [1.29, 1.82) is 0 Å². The van der Waals surface area contributed by atoms with Crippen molar-refractivity contribution in [2.24, 2.45) is 4.99 Å². The van der Waals surface area contributed by atoms with Gasteiger partial charge in [-0.25, -0.2) is 9.79 Å². The molecule has 0 saturated carbocycles. The molecule has 20 heteroatoms. The van der Waals surface area contributed by atoms with E-state index in [1.165, 1.54) is 59.0 Å². The van der Waals surface area contributed by atoms with Crippen molar-refractivity contribution in [3.05, 3.63) is 135 Å². The van der Waals surface area contributed by atoms with Crippen LogP contribution in [0.5, 0.6) is 0 Å². The van der Waals surface area contributed by atoms with E-state index in [1.807, 2.05) is 0 Å². The van der Waals surface area contributed by atoms with Gasteiger partial charge in [0.15, 0.2) is 0 Å². The number of carbonyl (C=O) groups excluding carboxylic acids is 2. The molecular formula is C46H43N5O12S3. The summed E-state index contributed by atoms with van der Waals surface area (Å²) in [7, 11) is -13.1. The molecule has 66 heavy (non-hydrogen) atoms. The predicted octanol–water partition coefficient (Wildman–Crippen LogP) is 8.77. The van der Waals surface area contributed by atoms with E-state index in [0.717, 1.165) is 0 Å². The second kappa shape index (κ2) is 17.5. The van der Waals surface area contributed by atoms with Gasteiger partial charge in [-0.3, -0.25) is 18.5 Å². The molecule has 1 aliphatic carbocycles. The van der Waals surface area contributed by atoms with E-state index in [4.69, 9.17) is 9.41 Å². The van der Waals surface area contributed by atoms with Crippen LogP contribution < -0.4 is 26.6 Å². The largest absolute Gasteiger partial charge is 0.456 e. The van der Waals surface area contributed by atoms with Gasteiger partial charge in [-0.15, -0.1) is 0 Å². The molecule has 0 saturated heterocycles. The summed E-state index contributed by atoms with van der Waals surface area (Å²) in [5.74, 6) is -0.391. The van der Waals surface area contributed by atoms with E-state index < -0.39 is 57.0 Å². The van der Waals surface area contributed by atoms with Crippen LogP contribution >= 0.6 is 0 Å². The van der Waals surface area contributed by atoms with E-state index in [-0.39, 0.29) is 67.3 Å². The number of urea groups is 1. The zero-order valence-electron chi connectivity index (χ0n) is 36.3. The molecule has 0 bridgehead atoms. The van der Waals surface area contributed by atoms with Crippen molar-refractivity contribution >= 4 is 81.7 Å². The van der Waals surface area contributed by atoms with Crippen molar-refractivity contribution in [3.63, 3.8) is 0 Å². The number of amides is 3. The fraction of sp³-hybridized carbons (Fsp3) is 0.152. The zero-order valence-corrected chi connectivity index (χ0v) is 38.8. The monoisotopic (exact) mass is 953 g/mol. The standard InChI is InChI=1S/C46H43N5O12S3/c1-23-39(25(3)43(65(57,58)59)27(5)41(23)50-45(52)29-13-9-8-10-14-29)48-30-17-19-32-35(21-30)63-36-22-31(18-20-33(36)38(32)34-15-11-12-16-37(34)64(54,55)56)49-40-24(2)42(51-46(53)47-7)28(6)44(26(40)4)66(60,61)62/h8-22,49H,1-7H3,(H,50,52)(H2,47,51,53)(H,54,55,56)(H,57,58,59)(H,60,61,62)/b48-30+. The molecule has 1 heterocycles. The van der Waals surface area contributed by atoms with Crippen LogP contribution in [0.25, 0.3) is 33.4 Å². The first kappa shape index (κ1) is 47.0. The minimum atomic E-state index is -4.85. The SMILES string of the molecule is CNC(=O)Nc1c(C)c(Nc2ccc3c(-c4ccccc4S(=O)(=O)O)c4cc/c(=N\c5c(C)c(NC(=O)c6ccccc6)c(C)c(S(=O)(=O)O)c5C)cc-4oc3c2)c(C)c(S(=O)(=O)O)c1C. The lowest BCUT2D eigenvalue weighted by atomic mass is 9.93. The highest BCUT2D eigenvalue weighted by atomic mass is 32.2. The maximum absolute atomic E-state index is 13.3. The summed E-state index contributed by atoms with van der Waals surface area (Å²) in [6, 6.07) is 22.9. The fourth-order valence-electron chi connectivity index (χ4n) is 8.32. The van der Waals surface area contributed by atoms with Gasteiger partial charge >= 0.3 is 6.03 Å². The number of benzene rings is 6. The Kier molecular flexibility index (Phi) is 12.4. The quantitative estimate of drug-likeness (QED) is 0.0500. The molecule has 0 unspecified atom stereocenters. The highest BCUT2D eigenvalue weighted by Crippen LogP contribution is 2.45. The molecule has 0 spiro atoms. The second-order valence-electron chi connectivity index (χ2n) is 15.4. The summed E-state index contributed by atoms with van der Waals surface area (Å²) in [6.07, 6.45) is 0. The Morgan fingerprint density at radius 2 is 1.18 bits per heavy atom. The maximum Gasteiger partial charge on any atom is 0.318 e. The molecule has 0 aromatic heterocycles. The smallest absolute Gasteiger partial charge is 0.318 e. The molecule has 7 rings (SSSR count). The van der Waals surface area contributed by atoms with Crippen LogP contribution in [0.15, 0.2) is 115 Å². The lowest BCUT2D eigenvalue weighted by Crippen LogP contribution is -2.26. The number of carbonyl (C=O) groups is 2. The minimum Gasteiger partial charge on any atom is -0.456 e. The summed E-state index contributed by atoms with van der Waals surface area (Å²) in [4.78, 5) is 29.3.